The molecule has 0 aromatic carbocycles. The molecule has 1 N–H and O–H groups in total. The predicted octanol–water partition coefficient (Wildman–Crippen LogP) is 3.25. The number of anilines is 1. The van der Waals surface area contributed by atoms with Crippen LogP contribution in [0, 0.1) is 6.92 Å². The standard InChI is InChI=1S/C12H19N3S/c1-9-8-11(15-12(13-2)14-9)16-10-6-4-3-5-7-10/h8,10H,3-7H2,1-2H3,(H,13,14,15). The van der Waals surface area contributed by atoms with E-state index in [2.05, 4.69) is 21.4 Å². The SMILES string of the molecule is CNc1nc(C)cc(SC2CCCCC2)n1. The van der Waals surface area contributed by atoms with Crippen LogP contribution in [0.5, 0.6) is 0 Å². The van der Waals surface area contributed by atoms with Crippen molar-refractivity contribution in [3.63, 3.8) is 0 Å². The minimum atomic E-state index is 0.735. The first kappa shape index (κ1) is 11.7. The Balaban J connectivity index is 2.04. The lowest BCUT2D eigenvalue weighted by molar-refractivity contribution is 0.515. The molecule has 1 aliphatic carbocycles. The van der Waals surface area contributed by atoms with Gasteiger partial charge in [0.2, 0.25) is 5.95 Å². The van der Waals surface area contributed by atoms with Crippen LogP contribution < -0.4 is 5.32 Å². The van der Waals surface area contributed by atoms with Gasteiger partial charge in [0.1, 0.15) is 5.03 Å². The van der Waals surface area contributed by atoms with Gasteiger partial charge in [-0.15, -0.1) is 11.8 Å². The Hall–Kier alpha value is -0.770. The van der Waals surface area contributed by atoms with E-state index in [-0.39, 0.29) is 0 Å². The first-order valence-corrected chi connectivity index (χ1v) is 6.86. The Kier molecular flexibility index (Phi) is 4.04. The van der Waals surface area contributed by atoms with Crippen molar-refractivity contribution in [1.29, 1.82) is 0 Å². The number of rotatable bonds is 3. The molecule has 0 unspecified atom stereocenters. The lowest BCUT2D eigenvalue weighted by atomic mass is 10.0. The van der Waals surface area contributed by atoms with Crippen molar-refractivity contribution < 1.29 is 0 Å². The maximum atomic E-state index is 4.49. The van der Waals surface area contributed by atoms with Crippen LogP contribution in [0.1, 0.15) is 37.8 Å². The van der Waals surface area contributed by atoms with Crippen molar-refractivity contribution in [2.75, 3.05) is 12.4 Å². The van der Waals surface area contributed by atoms with E-state index in [4.69, 9.17) is 0 Å². The fourth-order valence-corrected chi connectivity index (χ4v) is 3.35. The summed E-state index contributed by atoms with van der Waals surface area (Å²) in [5, 5.41) is 4.88. The summed E-state index contributed by atoms with van der Waals surface area (Å²) >= 11 is 1.92. The highest BCUT2D eigenvalue weighted by atomic mass is 32.2. The molecule has 0 bridgehead atoms. The summed E-state index contributed by atoms with van der Waals surface area (Å²) in [6.07, 6.45) is 6.83. The molecule has 1 aromatic rings. The summed E-state index contributed by atoms with van der Waals surface area (Å²) in [5.74, 6) is 0.735. The van der Waals surface area contributed by atoms with Gasteiger partial charge in [-0.1, -0.05) is 19.3 Å². The van der Waals surface area contributed by atoms with Crippen LogP contribution in [-0.4, -0.2) is 22.3 Å². The Morgan fingerprint density at radius 3 is 2.69 bits per heavy atom. The van der Waals surface area contributed by atoms with Crippen molar-refractivity contribution >= 4 is 17.7 Å². The van der Waals surface area contributed by atoms with E-state index in [0.29, 0.717) is 0 Å². The topological polar surface area (TPSA) is 37.8 Å². The molecule has 0 aliphatic heterocycles. The van der Waals surface area contributed by atoms with Crippen LogP contribution in [0.2, 0.25) is 0 Å². The zero-order chi connectivity index (χ0) is 11.4. The van der Waals surface area contributed by atoms with Crippen LogP contribution in [0.3, 0.4) is 0 Å². The normalized spacial score (nSPS) is 17.4. The summed E-state index contributed by atoms with van der Waals surface area (Å²) in [5.41, 5.74) is 1.04. The fraction of sp³-hybridized carbons (Fsp3) is 0.667. The second-order valence-corrected chi connectivity index (χ2v) is 5.62. The molecular formula is C12H19N3S. The van der Waals surface area contributed by atoms with E-state index in [0.717, 1.165) is 21.9 Å². The van der Waals surface area contributed by atoms with E-state index >= 15 is 0 Å². The Morgan fingerprint density at radius 1 is 1.25 bits per heavy atom. The van der Waals surface area contributed by atoms with Gasteiger partial charge in [0.25, 0.3) is 0 Å². The molecule has 3 nitrogen and oxygen atoms in total. The number of nitrogens with one attached hydrogen (secondary N) is 1. The third kappa shape index (κ3) is 3.11. The minimum Gasteiger partial charge on any atom is -0.357 e. The molecule has 0 atom stereocenters. The first-order valence-electron chi connectivity index (χ1n) is 5.98. The highest BCUT2D eigenvalue weighted by Crippen LogP contribution is 2.32. The summed E-state index contributed by atoms with van der Waals surface area (Å²) in [4.78, 5) is 8.80. The predicted molar refractivity (Wildman–Crippen MR) is 69.0 cm³/mol. The van der Waals surface area contributed by atoms with Gasteiger partial charge in [-0.2, -0.15) is 0 Å². The summed E-state index contributed by atoms with van der Waals surface area (Å²) < 4.78 is 0. The zero-order valence-electron chi connectivity index (χ0n) is 9.99. The number of thioether (sulfide) groups is 1. The molecule has 1 aromatic heterocycles. The van der Waals surface area contributed by atoms with E-state index in [1.807, 2.05) is 25.7 Å². The molecule has 1 saturated carbocycles. The number of aryl methyl sites for hydroxylation is 1. The average Bonchev–Trinajstić information content (AvgIpc) is 2.29. The van der Waals surface area contributed by atoms with E-state index in [1.54, 1.807) is 0 Å². The summed E-state index contributed by atoms with van der Waals surface area (Å²) in [6.45, 7) is 2.02. The van der Waals surface area contributed by atoms with Crippen molar-refractivity contribution in [3.8, 4) is 0 Å². The molecule has 2 rings (SSSR count). The third-order valence-electron chi connectivity index (χ3n) is 2.89. The summed E-state index contributed by atoms with van der Waals surface area (Å²) in [7, 11) is 1.86. The van der Waals surface area contributed by atoms with Crippen molar-refractivity contribution in [3.05, 3.63) is 11.8 Å². The van der Waals surface area contributed by atoms with E-state index in [1.165, 1.54) is 32.1 Å². The second kappa shape index (κ2) is 5.53. The smallest absolute Gasteiger partial charge is 0.223 e. The van der Waals surface area contributed by atoms with Gasteiger partial charge in [-0.3, -0.25) is 0 Å². The number of hydrogen-bond donors (Lipinski definition) is 1. The van der Waals surface area contributed by atoms with E-state index in [9.17, 15) is 0 Å². The van der Waals surface area contributed by atoms with E-state index < -0.39 is 0 Å². The van der Waals surface area contributed by atoms with Crippen LogP contribution in [0.4, 0.5) is 5.95 Å². The van der Waals surface area contributed by atoms with Gasteiger partial charge in [0.05, 0.1) is 0 Å². The highest BCUT2D eigenvalue weighted by Gasteiger charge is 2.15. The molecule has 0 spiro atoms. The number of aromatic nitrogens is 2. The average molecular weight is 237 g/mol. The highest BCUT2D eigenvalue weighted by molar-refractivity contribution is 7.99. The Morgan fingerprint density at radius 2 is 2.00 bits per heavy atom. The van der Waals surface area contributed by atoms with Gasteiger partial charge >= 0.3 is 0 Å². The van der Waals surface area contributed by atoms with Gasteiger partial charge in [-0.05, 0) is 25.8 Å². The van der Waals surface area contributed by atoms with Gasteiger partial charge in [0.15, 0.2) is 0 Å². The van der Waals surface area contributed by atoms with Crippen molar-refractivity contribution in [1.82, 2.24) is 9.97 Å². The molecule has 1 heterocycles. The van der Waals surface area contributed by atoms with Crippen molar-refractivity contribution in [2.24, 2.45) is 0 Å². The lowest BCUT2D eigenvalue weighted by Crippen LogP contribution is -2.08. The molecule has 0 amide bonds. The monoisotopic (exact) mass is 237 g/mol. The second-order valence-electron chi connectivity index (χ2n) is 4.30. The third-order valence-corrected chi connectivity index (χ3v) is 4.15. The van der Waals surface area contributed by atoms with Crippen LogP contribution in [0.25, 0.3) is 0 Å². The molecule has 0 radical (unpaired) electrons. The molecule has 0 saturated heterocycles. The zero-order valence-corrected chi connectivity index (χ0v) is 10.8. The minimum absolute atomic E-state index is 0.735. The summed E-state index contributed by atoms with van der Waals surface area (Å²) in [6, 6.07) is 2.08. The largest absolute Gasteiger partial charge is 0.357 e. The lowest BCUT2D eigenvalue weighted by Gasteiger charge is -2.20. The molecular weight excluding hydrogens is 218 g/mol. The first-order chi connectivity index (χ1) is 7.78. The van der Waals surface area contributed by atoms with Crippen molar-refractivity contribution in [2.45, 2.75) is 49.3 Å². The molecule has 4 heteroatoms. The molecule has 1 aliphatic rings. The maximum absolute atomic E-state index is 4.49. The van der Waals surface area contributed by atoms with Crippen LogP contribution in [-0.2, 0) is 0 Å². The quantitative estimate of drug-likeness (QED) is 0.819. The van der Waals surface area contributed by atoms with Gasteiger partial charge < -0.3 is 5.32 Å². The molecule has 16 heavy (non-hydrogen) atoms. The molecule has 1 fully saturated rings. The fourth-order valence-electron chi connectivity index (χ4n) is 2.07. The van der Waals surface area contributed by atoms with Crippen LogP contribution in [0.15, 0.2) is 11.1 Å². The number of nitrogens with zero attached hydrogens (tertiary/aromatic N) is 2. The van der Waals surface area contributed by atoms with Gasteiger partial charge in [-0.25, -0.2) is 9.97 Å². The Labute approximate surface area is 101 Å². The molecule has 88 valence electrons. The van der Waals surface area contributed by atoms with Crippen LogP contribution >= 0.6 is 11.8 Å². The Bertz CT molecular complexity index is 348. The maximum Gasteiger partial charge on any atom is 0.223 e. The van der Waals surface area contributed by atoms with Gasteiger partial charge in [0, 0.05) is 18.0 Å². The number of hydrogen-bond acceptors (Lipinski definition) is 4.